The highest BCUT2D eigenvalue weighted by Crippen LogP contribution is 1.99. The van der Waals surface area contributed by atoms with Gasteiger partial charge in [0.2, 0.25) is 0 Å². The second-order valence-electron chi connectivity index (χ2n) is 2.53. The highest BCUT2D eigenvalue weighted by atomic mass is 15.0. The van der Waals surface area contributed by atoms with Crippen LogP contribution in [0.25, 0.3) is 0 Å². The van der Waals surface area contributed by atoms with Crippen LogP contribution >= 0.6 is 0 Å². The second-order valence-corrected chi connectivity index (χ2v) is 2.53. The molecule has 1 nitrogen and oxygen atoms in total. The molecule has 10 heavy (non-hydrogen) atoms. The third-order valence-corrected chi connectivity index (χ3v) is 1.18. The van der Waals surface area contributed by atoms with Crippen LogP contribution in [0.15, 0.2) is 30.3 Å². The first kappa shape index (κ1) is 4.91. The van der Waals surface area contributed by atoms with E-state index in [4.69, 9.17) is 2.74 Å². The molecule has 0 N–H and O–H groups in total. The highest BCUT2D eigenvalue weighted by Gasteiger charge is 1.90. The standard InChI is InChI=1S/C9H13N/c1-10(2)8-9-6-4-3-5-7-9/h3-7H,8H2,1-2H3/i6D,7D. The summed E-state index contributed by atoms with van der Waals surface area (Å²) in [6.07, 6.45) is 0. The fourth-order valence-electron chi connectivity index (χ4n) is 0.795. The van der Waals surface area contributed by atoms with E-state index >= 15 is 0 Å². The SMILES string of the molecule is [2H]c1cccc([2H])c1CN(C)C. The van der Waals surface area contributed by atoms with Gasteiger partial charge in [-0.3, -0.25) is 0 Å². The molecule has 54 valence electrons. The van der Waals surface area contributed by atoms with E-state index < -0.39 is 0 Å². The van der Waals surface area contributed by atoms with Crippen molar-refractivity contribution in [2.24, 2.45) is 0 Å². The van der Waals surface area contributed by atoms with Gasteiger partial charge in [0.15, 0.2) is 0 Å². The average Bonchev–Trinajstić information content (AvgIpc) is 1.97. The van der Waals surface area contributed by atoms with Crippen LogP contribution in [-0.4, -0.2) is 19.0 Å². The van der Waals surface area contributed by atoms with E-state index in [0.29, 0.717) is 18.6 Å². The fourth-order valence-corrected chi connectivity index (χ4v) is 0.795. The van der Waals surface area contributed by atoms with Gasteiger partial charge in [-0.2, -0.15) is 0 Å². The van der Waals surface area contributed by atoms with Crippen LogP contribution in [0.1, 0.15) is 8.30 Å². The number of hydrogen-bond acceptors (Lipinski definition) is 1. The summed E-state index contributed by atoms with van der Waals surface area (Å²) >= 11 is 0. The Morgan fingerprint density at radius 2 is 1.90 bits per heavy atom. The molecule has 0 radical (unpaired) electrons. The lowest BCUT2D eigenvalue weighted by Gasteiger charge is -2.08. The molecule has 0 saturated carbocycles. The molecule has 1 aromatic rings. The molecule has 0 unspecified atom stereocenters. The molecular weight excluding hydrogens is 122 g/mol. The zero-order chi connectivity index (χ0) is 9.14. The van der Waals surface area contributed by atoms with E-state index in [1.165, 1.54) is 0 Å². The van der Waals surface area contributed by atoms with Crippen LogP contribution in [-0.2, 0) is 6.54 Å². The maximum atomic E-state index is 7.56. The maximum Gasteiger partial charge on any atom is 0.0626 e. The third kappa shape index (κ3) is 2.19. The van der Waals surface area contributed by atoms with Crippen molar-refractivity contribution in [3.63, 3.8) is 0 Å². The zero-order valence-corrected chi connectivity index (χ0v) is 6.39. The largest absolute Gasteiger partial charge is 0.305 e. The van der Waals surface area contributed by atoms with Crippen molar-refractivity contribution in [2.45, 2.75) is 6.54 Å². The predicted molar refractivity (Wildman–Crippen MR) is 43.8 cm³/mol. The summed E-state index contributed by atoms with van der Waals surface area (Å²) < 4.78 is 15.1. The van der Waals surface area contributed by atoms with E-state index in [2.05, 4.69) is 0 Å². The quantitative estimate of drug-likeness (QED) is 0.600. The van der Waals surface area contributed by atoms with Gasteiger partial charge in [0, 0.05) is 6.54 Å². The summed E-state index contributed by atoms with van der Waals surface area (Å²) in [5.41, 5.74) is 0.794. The van der Waals surface area contributed by atoms with Crippen LogP contribution in [0.4, 0.5) is 0 Å². The van der Waals surface area contributed by atoms with Gasteiger partial charge in [-0.05, 0) is 19.7 Å². The minimum absolute atomic E-state index is 0.455. The number of benzene rings is 1. The van der Waals surface area contributed by atoms with Gasteiger partial charge in [-0.1, -0.05) is 30.3 Å². The normalized spacial score (nSPS) is 13.1. The maximum absolute atomic E-state index is 7.56. The first-order chi connectivity index (χ1) is 5.61. The van der Waals surface area contributed by atoms with Gasteiger partial charge in [-0.25, -0.2) is 0 Å². The fraction of sp³-hybridized carbons (Fsp3) is 0.333. The van der Waals surface area contributed by atoms with Crippen molar-refractivity contribution in [1.29, 1.82) is 0 Å². The molecule has 0 amide bonds. The van der Waals surface area contributed by atoms with Gasteiger partial charge < -0.3 is 4.90 Å². The molecule has 0 spiro atoms. The van der Waals surface area contributed by atoms with E-state index in [1.807, 2.05) is 19.0 Å². The Bertz CT molecular complexity index is 251. The van der Waals surface area contributed by atoms with Gasteiger partial charge in [0.05, 0.1) is 2.74 Å². The lowest BCUT2D eigenvalue weighted by Crippen LogP contribution is -2.10. The lowest BCUT2D eigenvalue weighted by molar-refractivity contribution is 0.402. The molecule has 0 bridgehead atoms. The molecule has 0 fully saturated rings. The molecule has 0 heterocycles. The van der Waals surface area contributed by atoms with Crippen LogP contribution in [0.5, 0.6) is 0 Å². The van der Waals surface area contributed by atoms with Crippen LogP contribution in [0.2, 0.25) is 0 Å². The van der Waals surface area contributed by atoms with Crippen molar-refractivity contribution in [3.05, 3.63) is 35.8 Å². The van der Waals surface area contributed by atoms with Crippen molar-refractivity contribution >= 4 is 0 Å². The number of rotatable bonds is 2. The molecule has 1 rings (SSSR count). The topological polar surface area (TPSA) is 3.24 Å². The summed E-state index contributed by atoms with van der Waals surface area (Å²) in [4.78, 5) is 1.96. The summed E-state index contributed by atoms with van der Waals surface area (Å²) in [6.45, 7) is 0.665. The number of nitrogens with zero attached hydrogens (tertiary/aromatic N) is 1. The van der Waals surface area contributed by atoms with Crippen LogP contribution in [0, 0.1) is 0 Å². The Morgan fingerprint density at radius 1 is 1.30 bits per heavy atom. The molecule has 0 aliphatic rings. The molecule has 0 aliphatic heterocycles. The highest BCUT2D eigenvalue weighted by molar-refractivity contribution is 5.14. The van der Waals surface area contributed by atoms with Crippen molar-refractivity contribution in [2.75, 3.05) is 14.1 Å². The van der Waals surface area contributed by atoms with E-state index in [-0.39, 0.29) is 0 Å². The van der Waals surface area contributed by atoms with Crippen molar-refractivity contribution in [1.82, 2.24) is 4.90 Å². The predicted octanol–water partition coefficient (Wildman–Crippen LogP) is 1.75. The Kier molecular flexibility index (Phi) is 1.66. The monoisotopic (exact) mass is 137 g/mol. The molecule has 0 aromatic heterocycles. The van der Waals surface area contributed by atoms with Gasteiger partial charge in [-0.15, -0.1) is 0 Å². The van der Waals surface area contributed by atoms with Crippen LogP contribution in [0.3, 0.4) is 0 Å². The van der Waals surface area contributed by atoms with E-state index in [1.54, 1.807) is 18.2 Å². The van der Waals surface area contributed by atoms with Gasteiger partial charge in [0.1, 0.15) is 0 Å². The molecule has 1 aromatic carbocycles. The Morgan fingerprint density at radius 3 is 2.40 bits per heavy atom. The molecule has 1 heteroatoms. The second kappa shape index (κ2) is 3.37. The minimum Gasteiger partial charge on any atom is -0.305 e. The molecular formula is C9H13N. The summed E-state index contributed by atoms with van der Waals surface area (Å²) in [7, 11) is 3.87. The Labute approximate surface area is 65.1 Å². The summed E-state index contributed by atoms with van der Waals surface area (Å²) in [5.74, 6) is 0. The molecule has 0 atom stereocenters. The molecule has 0 aliphatic carbocycles. The smallest absolute Gasteiger partial charge is 0.0626 e. The number of hydrogen-bond donors (Lipinski definition) is 0. The third-order valence-electron chi connectivity index (χ3n) is 1.18. The van der Waals surface area contributed by atoms with E-state index in [9.17, 15) is 0 Å². The first-order valence-electron chi connectivity index (χ1n) is 4.31. The zero-order valence-electron chi connectivity index (χ0n) is 8.39. The van der Waals surface area contributed by atoms with Crippen molar-refractivity contribution < 1.29 is 2.74 Å². The van der Waals surface area contributed by atoms with E-state index in [0.717, 1.165) is 5.56 Å². The Balaban J connectivity index is 2.96. The molecule has 0 saturated heterocycles. The minimum atomic E-state index is 0.455. The van der Waals surface area contributed by atoms with Crippen molar-refractivity contribution in [3.8, 4) is 0 Å². The summed E-state index contributed by atoms with van der Waals surface area (Å²) in [5, 5.41) is 0. The average molecular weight is 137 g/mol. The lowest BCUT2D eigenvalue weighted by atomic mass is 10.2. The Hall–Kier alpha value is -0.820. The van der Waals surface area contributed by atoms with Gasteiger partial charge >= 0.3 is 0 Å². The summed E-state index contributed by atoms with van der Waals surface area (Å²) in [6, 6.07) is 6.09. The first-order valence-corrected chi connectivity index (χ1v) is 3.31. The van der Waals surface area contributed by atoms with Crippen LogP contribution < -0.4 is 0 Å². The van der Waals surface area contributed by atoms with Gasteiger partial charge in [0.25, 0.3) is 0 Å².